The summed E-state index contributed by atoms with van der Waals surface area (Å²) in [4.78, 5) is 49.2. The Hall–Kier alpha value is -4.08. The van der Waals surface area contributed by atoms with Crippen molar-refractivity contribution in [1.82, 2.24) is 5.43 Å². The van der Waals surface area contributed by atoms with Crippen molar-refractivity contribution in [1.29, 1.82) is 0 Å². The van der Waals surface area contributed by atoms with Gasteiger partial charge < -0.3 is 4.74 Å². The number of anilines is 1. The third-order valence-corrected chi connectivity index (χ3v) is 4.65. The largest absolute Gasteiger partial charge is 0.456 e. The van der Waals surface area contributed by atoms with E-state index in [1.807, 2.05) is 6.07 Å². The number of nitrogens with one attached hydrogen (secondary N) is 1. The Morgan fingerprint density at radius 3 is 2.62 bits per heavy atom. The molecule has 2 aliphatic rings. The number of hydrogen-bond acceptors (Lipinski definition) is 8. The molecule has 0 saturated carbocycles. The first-order valence-corrected chi connectivity index (χ1v) is 8.64. The van der Waals surface area contributed by atoms with Crippen molar-refractivity contribution in [3.05, 3.63) is 70.3 Å². The van der Waals surface area contributed by atoms with Crippen LogP contribution in [-0.2, 0) is 25.7 Å². The van der Waals surface area contributed by atoms with E-state index in [1.54, 1.807) is 24.3 Å². The Bertz CT molecular complexity index is 1050. The predicted molar refractivity (Wildman–Crippen MR) is 99.7 cm³/mol. The van der Waals surface area contributed by atoms with Gasteiger partial charge in [0.25, 0.3) is 11.6 Å². The molecule has 0 unspecified atom stereocenters. The molecule has 2 aromatic carbocycles. The lowest BCUT2D eigenvalue weighted by atomic mass is 9.99. The number of hydrazone groups is 1. The second-order valence-corrected chi connectivity index (χ2v) is 6.43. The third-order valence-electron chi connectivity index (χ3n) is 4.65. The normalized spacial score (nSPS) is 20.1. The monoisotopic (exact) mass is 394 g/mol. The summed E-state index contributed by atoms with van der Waals surface area (Å²) in [5.74, 6) is -3.29. The SMILES string of the molecule is O=C(OCc1ccccc1)C1=NN[C@@H]2C(=O)N(c3cccc([N+](=O)[O-])c3)C(=O)[C@@H]12. The molecule has 2 aromatic rings. The lowest BCUT2D eigenvalue weighted by Gasteiger charge is -2.15. The molecule has 29 heavy (non-hydrogen) atoms. The van der Waals surface area contributed by atoms with E-state index in [-0.39, 0.29) is 23.7 Å². The van der Waals surface area contributed by atoms with Gasteiger partial charge in [0.2, 0.25) is 5.91 Å². The van der Waals surface area contributed by atoms with Gasteiger partial charge in [0.05, 0.1) is 10.6 Å². The van der Waals surface area contributed by atoms with Gasteiger partial charge in [-0.1, -0.05) is 36.4 Å². The van der Waals surface area contributed by atoms with Crippen molar-refractivity contribution in [2.45, 2.75) is 12.6 Å². The number of non-ortho nitro benzene ring substituents is 1. The number of nitro benzene ring substituents is 1. The fourth-order valence-electron chi connectivity index (χ4n) is 3.25. The summed E-state index contributed by atoms with van der Waals surface area (Å²) >= 11 is 0. The molecule has 2 heterocycles. The topological polar surface area (TPSA) is 131 Å². The Morgan fingerprint density at radius 1 is 1.14 bits per heavy atom. The van der Waals surface area contributed by atoms with E-state index >= 15 is 0 Å². The van der Waals surface area contributed by atoms with Crippen LogP contribution in [0.4, 0.5) is 11.4 Å². The molecule has 1 fully saturated rings. The van der Waals surface area contributed by atoms with Crippen molar-refractivity contribution in [2.24, 2.45) is 11.0 Å². The van der Waals surface area contributed by atoms with Crippen molar-refractivity contribution in [2.75, 3.05) is 4.90 Å². The van der Waals surface area contributed by atoms with Crippen molar-refractivity contribution in [3.8, 4) is 0 Å². The van der Waals surface area contributed by atoms with Crippen LogP contribution in [0.15, 0.2) is 59.7 Å². The predicted octanol–water partition coefficient (Wildman–Crippen LogP) is 1.16. The molecular formula is C19H14N4O6. The minimum atomic E-state index is -1.15. The Balaban J connectivity index is 1.53. The lowest BCUT2D eigenvalue weighted by molar-refractivity contribution is -0.384. The number of benzene rings is 2. The number of esters is 1. The highest BCUT2D eigenvalue weighted by Gasteiger charge is 2.55. The van der Waals surface area contributed by atoms with Crippen LogP contribution in [0, 0.1) is 16.0 Å². The summed E-state index contributed by atoms with van der Waals surface area (Å²) in [7, 11) is 0. The summed E-state index contributed by atoms with van der Waals surface area (Å²) in [6.07, 6.45) is 0. The van der Waals surface area contributed by atoms with E-state index in [4.69, 9.17) is 4.74 Å². The Labute approximate surface area is 163 Å². The number of ether oxygens (including phenoxy) is 1. The first kappa shape index (κ1) is 18.3. The third kappa shape index (κ3) is 3.20. The van der Waals surface area contributed by atoms with Gasteiger partial charge in [0, 0.05) is 12.1 Å². The summed E-state index contributed by atoms with van der Waals surface area (Å²) < 4.78 is 5.21. The molecule has 0 spiro atoms. The molecule has 0 bridgehead atoms. The second kappa shape index (κ2) is 7.15. The number of nitro groups is 1. The molecule has 1 saturated heterocycles. The van der Waals surface area contributed by atoms with Crippen LogP contribution in [0.3, 0.4) is 0 Å². The quantitative estimate of drug-likeness (QED) is 0.348. The smallest absolute Gasteiger partial charge is 0.355 e. The van der Waals surface area contributed by atoms with Crippen LogP contribution in [-0.4, -0.2) is 34.5 Å². The molecule has 146 valence electrons. The van der Waals surface area contributed by atoms with E-state index in [1.165, 1.54) is 18.2 Å². The van der Waals surface area contributed by atoms with Gasteiger partial charge in [-0.2, -0.15) is 5.10 Å². The van der Waals surface area contributed by atoms with Crippen molar-refractivity contribution < 1.29 is 24.0 Å². The maximum Gasteiger partial charge on any atom is 0.355 e. The average molecular weight is 394 g/mol. The summed E-state index contributed by atoms with van der Waals surface area (Å²) in [5, 5.41) is 14.8. The van der Waals surface area contributed by atoms with Crippen LogP contribution < -0.4 is 10.3 Å². The number of carbonyl (C=O) groups excluding carboxylic acids is 3. The zero-order valence-corrected chi connectivity index (χ0v) is 14.8. The van der Waals surface area contributed by atoms with E-state index < -0.39 is 34.7 Å². The molecule has 0 aliphatic carbocycles. The number of amides is 2. The highest BCUT2D eigenvalue weighted by molar-refractivity contribution is 6.46. The summed E-state index contributed by atoms with van der Waals surface area (Å²) in [5.41, 5.74) is 2.87. The molecule has 2 aliphatic heterocycles. The zero-order chi connectivity index (χ0) is 20.5. The molecular weight excluding hydrogens is 380 g/mol. The maximum absolute atomic E-state index is 12.9. The van der Waals surface area contributed by atoms with Gasteiger partial charge in [0.1, 0.15) is 18.6 Å². The van der Waals surface area contributed by atoms with Gasteiger partial charge in [-0.05, 0) is 11.6 Å². The summed E-state index contributed by atoms with van der Waals surface area (Å²) in [6.45, 7) is -0.00713. The van der Waals surface area contributed by atoms with Crippen molar-refractivity contribution >= 4 is 34.9 Å². The number of hydrogen-bond donors (Lipinski definition) is 1. The van der Waals surface area contributed by atoms with E-state index in [9.17, 15) is 24.5 Å². The van der Waals surface area contributed by atoms with Crippen LogP contribution in [0.25, 0.3) is 0 Å². The van der Waals surface area contributed by atoms with Gasteiger partial charge in [-0.3, -0.25) is 25.1 Å². The van der Waals surface area contributed by atoms with Crippen LogP contribution in [0.1, 0.15) is 5.56 Å². The van der Waals surface area contributed by atoms with Gasteiger partial charge in [0.15, 0.2) is 5.71 Å². The van der Waals surface area contributed by atoms with Gasteiger partial charge >= 0.3 is 5.97 Å². The average Bonchev–Trinajstić information content (AvgIpc) is 3.27. The molecule has 0 aromatic heterocycles. The van der Waals surface area contributed by atoms with Crippen LogP contribution >= 0.6 is 0 Å². The maximum atomic E-state index is 12.9. The molecule has 2 atom stereocenters. The van der Waals surface area contributed by atoms with E-state index in [2.05, 4.69) is 10.5 Å². The molecule has 0 radical (unpaired) electrons. The number of fused-ring (bicyclic) bond motifs is 1. The fourth-order valence-corrected chi connectivity index (χ4v) is 3.25. The molecule has 2 amide bonds. The minimum Gasteiger partial charge on any atom is -0.456 e. The fraction of sp³-hybridized carbons (Fsp3) is 0.158. The van der Waals surface area contributed by atoms with E-state index in [0.29, 0.717) is 0 Å². The van der Waals surface area contributed by atoms with Crippen LogP contribution in [0.5, 0.6) is 0 Å². The first-order chi connectivity index (χ1) is 14.0. The molecule has 10 heteroatoms. The minimum absolute atomic E-state index is 0.00713. The molecule has 10 nitrogen and oxygen atoms in total. The highest BCUT2D eigenvalue weighted by atomic mass is 16.6. The lowest BCUT2D eigenvalue weighted by Crippen LogP contribution is -2.36. The van der Waals surface area contributed by atoms with Gasteiger partial charge in [-0.15, -0.1) is 0 Å². The van der Waals surface area contributed by atoms with Crippen LogP contribution in [0.2, 0.25) is 0 Å². The highest BCUT2D eigenvalue weighted by Crippen LogP contribution is 2.32. The summed E-state index contributed by atoms with van der Waals surface area (Å²) in [6, 6.07) is 13.1. The molecule has 1 N–H and O–H groups in total. The standard InChI is InChI=1S/C19H14N4O6/c24-17-14-15(18(25)22(17)12-7-4-8-13(9-12)23(27)28)20-21-16(14)19(26)29-10-11-5-2-1-3-6-11/h1-9,14-15,20H,10H2/t14-,15+/m1/s1. The Kier molecular flexibility index (Phi) is 4.51. The Morgan fingerprint density at radius 2 is 1.90 bits per heavy atom. The second-order valence-electron chi connectivity index (χ2n) is 6.43. The molecule has 4 rings (SSSR count). The zero-order valence-electron chi connectivity index (χ0n) is 14.8. The van der Waals surface area contributed by atoms with Crippen molar-refractivity contribution in [3.63, 3.8) is 0 Å². The number of carbonyl (C=O) groups is 3. The van der Waals surface area contributed by atoms with Gasteiger partial charge in [-0.25, -0.2) is 9.69 Å². The van der Waals surface area contributed by atoms with E-state index in [0.717, 1.165) is 16.5 Å². The number of rotatable bonds is 5. The number of imide groups is 1. The first-order valence-electron chi connectivity index (χ1n) is 8.64. The number of nitrogens with zero attached hydrogens (tertiary/aromatic N) is 3.